The number of amides is 1. The van der Waals surface area contributed by atoms with Gasteiger partial charge in [0.05, 0.1) is 16.0 Å². The Morgan fingerprint density at radius 3 is 2.47 bits per heavy atom. The van der Waals surface area contributed by atoms with E-state index in [0.29, 0.717) is 30.4 Å². The van der Waals surface area contributed by atoms with E-state index in [9.17, 15) is 18.5 Å². The van der Waals surface area contributed by atoms with E-state index in [4.69, 9.17) is 0 Å². The lowest BCUT2D eigenvalue weighted by Gasteiger charge is -2.38. The molecular weight excluding hydrogens is 448 g/mol. The summed E-state index contributed by atoms with van der Waals surface area (Å²) in [6.45, 7) is 2.98. The van der Waals surface area contributed by atoms with Crippen molar-refractivity contribution in [1.82, 2.24) is 14.2 Å². The molecule has 7 nitrogen and oxygen atoms in total. The number of nitrogens with zero attached hydrogens (tertiary/aromatic N) is 3. The van der Waals surface area contributed by atoms with Gasteiger partial charge < -0.3 is 9.47 Å². The zero-order chi connectivity index (χ0) is 24.0. The molecule has 1 aliphatic heterocycles. The molecule has 1 amide bonds. The van der Waals surface area contributed by atoms with Gasteiger partial charge in [-0.15, -0.1) is 0 Å². The molecule has 0 radical (unpaired) electrons. The molecule has 2 aromatic rings. The van der Waals surface area contributed by atoms with Gasteiger partial charge in [0, 0.05) is 48.6 Å². The van der Waals surface area contributed by atoms with Crippen molar-refractivity contribution in [2.45, 2.75) is 87.6 Å². The normalized spacial score (nSPS) is 25.9. The quantitative estimate of drug-likeness (QED) is 0.692. The summed E-state index contributed by atoms with van der Waals surface area (Å²) in [5.74, 6) is 0.657. The minimum atomic E-state index is -3.69. The molecule has 3 aliphatic rings. The van der Waals surface area contributed by atoms with Gasteiger partial charge in [0.25, 0.3) is 0 Å². The molecule has 2 saturated carbocycles. The van der Waals surface area contributed by atoms with Crippen LogP contribution in [0.2, 0.25) is 0 Å². The maximum Gasteiger partial charge on any atom is 0.240 e. The van der Waals surface area contributed by atoms with Gasteiger partial charge >= 0.3 is 0 Å². The molecule has 1 saturated heterocycles. The Bertz CT molecular complexity index is 1250. The zero-order valence-corrected chi connectivity index (χ0v) is 20.9. The predicted molar refractivity (Wildman–Crippen MR) is 131 cm³/mol. The van der Waals surface area contributed by atoms with Crippen LogP contribution in [0.25, 0.3) is 10.9 Å². The lowest BCUT2D eigenvalue weighted by atomic mass is 9.85. The van der Waals surface area contributed by atoms with Crippen molar-refractivity contribution in [1.29, 1.82) is 5.26 Å². The van der Waals surface area contributed by atoms with E-state index in [1.54, 1.807) is 18.2 Å². The van der Waals surface area contributed by atoms with Gasteiger partial charge in [0.2, 0.25) is 15.9 Å². The number of hydrogen-bond donors (Lipinski definition) is 1. The summed E-state index contributed by atoms with van der Waals surface area (Å²) < 4.78 is 31.3. The first-order valence-corrected chi connectivity index (χ1v) is 14.1. The minimum absolute atomic E-state index is 0.00581. The maximum atomic E-state index is 13.2. The van der Waals surface area contributed by atoms with Gasteiger partial charge in [0.1, 0.15) is 6.07 Å². The second kappa shape index (κ2) is 9.01. The molecule has 0 bridgehead atoms. The summed E-state index contributed by atoms with van der Waals surface area (Å²) in [7, 11) is -1.77. The fraction of sp³-hybridized carbons (Fsp3) is 0.615. The van der Waals surface area contributed by atoms with Gasteiger partial charge in [-0.05, 0) is 76.8 Å². The number of aryl methyl sites for hydroxylation is 1. The Hall–Kier alpha value is -2.37. The number of hydrogen-bond acceptors (Lipinski definition) is 4. The molecule has 5 rings (SSSR count). The Kier molecular flexibility index (Phi) is 6.19. The van der Waals surface area contributed by atoms with Crippen LogP contribution in [0.4, 0.5) is 0 Å². The van der Waals surface area contributed by atoms with Crippen molar-refractivity contribution in [3.63, 3.8) is 0 Å². The highest BCUT2D eigenvalue weighted by molar-refractivity contribution is 7.89. The third-order valence-corrected chi connectivity index (χ3v) is 9.61. The molecular formula is C26H34N4O3S. The van der Waals surface area contributed by atoms with E-state index in [1.165, 1.54) is 6.42 Å². The van der Waals surface area contributed by atoms with Crippen LogP contribution in [-0.4, -0.2) is 42.4 Å². The topological polar surface area (TPSA) is 95.2 Å². The number of sulfonamides is 1. The molecule has 8 heteroatoms. The minimum Gasteiger partial charge on any atom is -0.346 e. The van der Waals surface area contributed by atoms with Crippen LogP contribution in [0, 0.1) is 17.2 Å². The highest BCUT2D eigenvalue weighted by Crippen LogP contribution is 2.44. The molecule has 1 aromatic carbocycles. The van der Waals surface area contributed by atoms with Gasteiger partial charge in [-0.1, -0.05) is 6.07 Å². The molecule has 1 aromatic heterocycles. The van der Waals surface area contributed by atoms with Crippen LogP contribution >= 0.6 is 0 Å². The second-order valence-corrected chi connectivity index (χ2v) is 12.1. The van der Waals surface area contributed by atoms with Gasteiger partial charge in [0.15, 0.2) is 0 Å². The number of nitrogens with one attached hydrogen (secondary N) is 1. The van der Waals surface area contributed by atoms with E-state index in [2.05, 4.69) is 17.7 Å². The molecule has 0 unspecified atom stereocenters. The van der Waals surface area contributed by atoms with Crippen molar-refractivity contribution >= 4 is 26.8 Å². The molecule has 2 aliphatic carbocycles. The molecule has 2 heterocycles. The van der Waals surface area contributed by atoms with E-state index in [1.807, 2.05) is 16.5 Å². The maximum absolute atomic E-state index is 13.2. The number of carbonyl (C=O) groups is 1. The van der Waals surface area contributed by atoms with E-state index < -0.39 is 10.0 Å². The monoisotopic (exact) mass is 482 g/mol. The van der Waals surface area contributed by atoms with Crippen LogP contribution in [0.3, 0.4) is 0 Å². The fourth-order valence-electron chi connectivity index (χ4n) is 5.96. The van der Waals surface area contributed by atoms with Crippen molar-refractivity contribution in [2.24, 2.45) is 13.0 Å². The highest BCUT2D eigenvalue weighted by atomic mass is 32.2. The fourth-order valence-corrected chi connectivity index (χ4v) is 7.29. The number of likely N-dealkylation sites (tertiary alicyclic amines) is 1. The third-order valence-electron chi connectivity index (χ3n) is 8.09. The number of carbonyl (C=O) groups excluding carboxylic acids is 1. The summed E-state index contributed by atoms with van der Waals surface area (Å²) in [6.07, 6.45) is 8.29. The molecule has 3 fully saturated rings. The average Bonchev–Trinajstić information content (AvgIpc) is 3.63. The van der Waals surface area contributed by atoms with Crippen molar-refractivity contribution in [3.05, 3.63) is 29.5 Å². The van der Waals surface area contributed by atoms with Crippen LogP contribution in [0.15, 0.2) is 23.1 Å². The van der Waals surface area contributed by atoms with Crippen LogP contribution < -0.4 is 4.72 Å². The highest BCUT2D eigenvalue weighted by Gasteiger charge is 2.34. The van der Waals surface area contributed by atoms with Crippen LogP contribution in [0.5, 0.6) is 0 Å². The molecule has 1 N–H and O–H groups in total. The molecule has 34 heavy (non-hydrogen) atoms. The smallest absolute Gasteiger partial charge is 0.240 e. The molecule has 0 spiro atoms. The number of fused-ring (bicyclic) bond motifs is 1. The van der Waals surface area contributed by atoms with Crippen molar-refractivity contribution in [2.75, 3.05) is 6.54 Å². The zero-order valence-electron chi connectivity index (χ0n) is 20.1. The first-order valence-electron chi connectivity index (χ1n) is 12.7. The summed E-state index contributed by atoms with van der Waals surface area (Å²) in [5.41, 5.74) is 2.47. The molecule has 1 atom stereocenters. The van der Waals surface area contributed by atoms with Crippen LogP contribution in [-0.2, 0) is 21.9 Å². The third kappa shape index (κ3) is 4.25. The Morgan fingerprint density at radius 1 is 1.09 bits per heavy atom. The lowest BCUT2D eigenvalue weighted by Crippen LogP contribution is -2.47. The van der Waals surface area contributed by atoms with Gasteiger partial charge in [-0.25, -0.2) is 13.1 Å². The largest absolute Gasteiger partial charge is 0.346 e. The van der Waals surface area contributed by atoms with E-state index in [0.717, 1.165) is 61.7 Å². The first kappa shape index (κ1) is 23.4. The number of benzene rings is 1. The lowest BCUT2D eigenvalue weighted by molar-refractivity contribution is -0.140. The van der Waals surface area contributed by atoms with Crippen molar-refractivity contribution in [3.8, 4) is 6.07 Å². The van der Waals surface area contributed by atoms with Gasteiger partial charge in [-0.3, -0.25) is 4.79 Å². The Balaban J connectivity index is 1.28. The second-order valence-electron chi connectivity index (χ2n) is 10.4. The van der Waals surface area contributed by atoms with E-state index >= 15 is 0 Å². The number of aromatic nitrogens is 1. The van der Waals surface area contributed by atoms with Crippen molar-refractivity contribution < 1.29 is 13.2 Å². The van der Waals surface area contributed by atoms with Gasteiger partial charge in [-0.2, -0.15) is 5.26 Å². The number of rotatable bonds is 5. The SMILES string of the molecule is C[C@H]1CCCCN1C(=O)[C@H]1CC[C@H](NS(=O)(=O)c2ccc3c(C#N)c(C4CC4)n(C)c3c2)CC1. The van der Waals surface area contributed by atoms with Crippen LogP contribution in [0.1, 0.15) is 81.9 Å². The standard InChI is InChI=1S/C26H34N4O3S/c1-17-5-3-4-14-30(17)26(31)19-8-10-20(11-9-19)28-34(32,33)21-12-13-22-23(16-27)25(18-6-7-18)29(2)24(22)15-21/h12-13,15,17-20,28H,3-11,14H2,1-2H3/t17-,19-,20-/m0/s1. The predicted octanol–water partition coefficient (Wildman–Crippen LogP) is 4.17. The summed E-state index contributed by atoms with van der Waals surface area (Å²) in [6, 6.07) is 7.55. The number of piperidine rings is 1. The Morgan fingerprint density at radius 2 is 1.82 bits per heavy atom. The summed E-state index contributed by atoms with van der Waals surface area (Å²) in [4.78, 5) is 15.3. The first-order chi connectivity index (χ1) is 16.3. The summed E-state index contributed by atoms with van der Waals surface area (Å²) >= 11 is 0. The molecule has 182 valence electrons. The summed E-state index contributed by atoms with van der Waals surface area (Å²) in [5, 5.41) is 10.5. The average molecular weight is 483 g/mol. The Labute approximate surface area is 202 Å². The van der Waals surface area contributed by atoms with E-state index in [-0.39, 0.29) is 22.8 Å². The number of nitriles is 1.